The summed E-state index contributed by atoms with van der Waals surface area (Å²) in [4.78, 5) is 30.0. The van der Waals surface area contributed by atoms with Crippen molar-refractivity contribution in [3.63, 3.8) is 0 Å². The minimum Gasteiger partial charge on any atom is -0.481 e. The molecule has 0 radical (unpaired) electrons. The second-order valence-corrected chi connectivity index (χ2v) is 6.11. The number of nitrogens with zero attached hydrogens (tertiary/aromatic N) is 2. The largest absolute Gasteiger partial charge is 0.481 e. The van der Waals surface area contributed by atoms with Crippen LogP contribution in [0.15, 0.2) is 42.7 Å². The van der Waals surface area contributed by atoms with E-state index in [1.807, 2.05) is 0 Å². The maximum absolute atomic E-state index is 12.8. The molecule has 1 fully saturated rings. The first kappa shape index (κ1) is 15.4. The van der Waals surface area contributed by atoms with Crippen LogP contribution < -0.4 is 9.47 Å². The number of ether oxygens (including phenoxy) is 2. The van der Waals surface area contributed by atoms with E-state index in [0.717, 1.165) is 5.56 Å². The number of hydrogen-bond donors (Lipinski definition) is 1. The average Bonchev–Trinajstić information content (AvgIpc) is 3.28. The number of aromatic nitrogens is 1. The molecule has 1 aromatic heterocycles. The molecule has 4 rings (SSSR count). The van der Waals surface area contributed by atoms with Gasteiger partial charge in [0.1, 0.15) is 0 Å². The van der Waals surface area contributed by atoms with E-state index in [1.54, 1.807) is 47.6 Å². The van der Waals surface area contributed by atoms with Gasteiger partial charge in [0.15, 0.2) is 11.5 Å². The van der Waals surface area contributed by atoms with Crippen LogP contribution in [0, 0.1) is 5.92 Å². The number of carbonyl (C=O) groups excluding carboxylic acids is 1. The van der Waals surface area contributed by atoms with Gasteiger partial charge in [-0.25, -0.2) is 0 Å². The number of rotatable bonds is 3. The zero-order valence-electron chi connectivity index (χ0n) is 13.3. The van der Waals surface area contributed by atoms with Gasteiger partial charge in [0, 0.05) is 37.0 Å². The van der Waals surface area contributed by atoms with Gasteiger partial charge in [0.2, 0.25) is 6.79 Å². The number of benzene rings is 1. The number of pyridine rings is 1. The first-order chi connectivity index (χ1) is 12.1. The molecule has 1 aromatic carbocycles. The molecule has 0 aliphatic carbocycles. The molecule has 25 heavy (non-hydrogen) atoms. The number of carboxylic acids is 1. The molecular weight excluding hydrogens is 324 g/mol. The van der Waals surface area contributed by atoms with Crippen LogP contribution in [0.25, 0.3) is 0 Å². The van der Waals surface area contributed by atoms with E-state index < -0.39 is 11.9 Å². The lowest BCUT2D eigenvalue weighted by Gasteiger charge is -2.16. The van der Waals surface area contributed by atoms with Crippen molar-refractivity contribution in [2.45, 2.75) is 5.92 Å². The van der Waals surface area contributed by atoms with Gasteiger partial charge in [-0.3, -0.25) is 14.6 Å². The molecule has 1 amide bonds. The van der Waals surface area contributed by atoms with Crippen LogP contribution in [0.1, 0.15) is 21.8 Å². The van der Waals surface area contributed by atoms with E-state index in [4.69, 9.17) is 9.47 Å². The zero-order valence-corrected chi connectivity index (χ0v) is 13.3. The Hall–Kier alpha value is -3.09. The average molecular weight is 340 g/mol. The number of fused-ring (bicyclic) bond motifs is 1. The van der Waals surface area contributed by atoms with Gasteiger partial charge in [-0.15, -0.1) is 0 Å². The van der Waals surface area contributed by atoms with Crippen molar-refractivity contribution >= 4 is 11.9 Å². The van der Waals surface area contributed by atoms with Gasteiger partial charge in [0.25, 0.3) is 5.91 Å². The Morgan fingerprint density at radius 3 is 2.60 bits per heavy atom. The first-order valence-electron chi connectivity index (χ1n) is 7.95. The summed E-state index contributed by atoms with van der Waals surface area (Å²) in [7, 11) is 0. The minimum absolute atomic E-state index is 0.141. The fraction of sp³-hybridized carbons (Fsp3) is 0.278. The summed E-state index contributed by atoms with van der Waals surface area (Å²) in [6.45, 7) is 0.672. The van der Waals surface area contributed by atoms with Crippen molar-refractivity contribution in [3.8, 4) is 11.5 Å². The first-order valence-corrected chi connectivity index (χ1v) is 7.95. The number of aliphatic carboxylic acids is 1. The summed E-state index contributed by atoms with van der Waals surface area (Å²) in [5, 5.41) is 9.55. The molecule has 1 N–H and O–H groups in total. The van der Waals surface area contributed by atoms with Crippen LogP contribution in [0.3, 0.4) is 0 Å². The quantitative estimate of drug-likeness (QED) is 0.916. The third-order valence-corrected chi connectivity index (χ3v) is 4.68. The number of carbonyl (C=O) groups is 2. The molecule has 1 saturated heterocycles. The topological polar surface area (TPSA) is 89.0 Å². The van der Waals surface area contributed by atoms with Crippen molar-refractivity contribution in [2.75, 3.05) is 19.9 Å². The van der Waals surface area contributed by atoms with E-state index >= 15 is 0 Å². The Kier molecular flexibility index (Phi) is 3.76. The van der Waals surface area contributed by atoms with Crippen LogP contribution in [0.2, 0.25) is 0 Å². The molecule has 128 valence electrons. The third-order valence-electron chi connectivity index (χ3n) is 4.68. The summed E-state index contributed by atoms with van der Waals surface area (Å²) in [5.41, 5.74) is 1.34. The Labute approximate surface area is 143 Å². The third kappa shape index (κ3) is 2.77. The summed E-state index contributed by atoms with van der Waals surface area (Å²) in [6, 6.07) is 8.61. The Morgan fingerprint density at radius 1 is 1.08 bits per heavy atom. The zero-order chi connectivity index (χ0) is 17.4. The lowest BCUT2D eigenvalue weighted by Crippen LogP contribution is -2.29. The summed E-state index contributed by atoms with van der Waals surface area (Å²) in [6.07, 6.45) is 3.27. The molecule has 2 aliphatic rings. The van der Waals surface area contributed by atoms with Gasteiger partial charge in [0.05, 0.1) is 5.92 Å². The fourth-order valence-corrected chi connectivity index (χ4v) is 3.38. The van der Waals surface area contributed by atoms with Crippen molar-refractivity contribution in [1.29, 1.82) is 0 Å². The predicted octanol–water partition coefficient (Wildman–Crippen LogP) is 1.75. The van der Waals surface area contributed by atoms with Crippen molar-refractivity contribution in [2.24, 2.45) is 5.92 Å². The molecule has 7 nitrogen and oxygen atoms in total. The van der Waals surface area contributed by atoms with Crippen LogP contribution >= 0.6 is 0 Å². The van der Waals surface area contributed by atoms with E-state index in [1.165, 1.54) is 0 Å². The van der Waals surface area contributed by atoms with E-state index in [9.17, 15) is 14.7 Å². The Bertz CT molecular complexity index is 823. The lowest BCUT2D eigenvalue weighted by molar-refractivity contribution is -0.141. The second kappa shape index (κ2) is 6.08. The highest BCUT2D eigenvalue weighted by Crippen LogP contribution is 2.36. The highest BCUT2D eigenvalue weighted by molar-refractivity contribution is 5.95. The molecule has 2 aliphatic heterocycles. The van der Waals surface area contributed by atoms with Gasteiger partial charge < -0.3 is 19.5 Å². The number of likely N-dealkylation sites (tertiary alicyclic amines) is 1. The minimum atomic E-state index is -0.900. The predicted molar refractivity (Wildman–Crippen MR) is 86.6 cm³/mol. The molecule has 7 heteroatoms. The monoisotopic (exact) mass is 340 g/mol. The van der Waals surface area contributed by atoms with E-state index in [2.05, 4.69) is 4.98 Å². The molecule has 2 aromatic rings. The van der Waals surface area contributed by atoms with Gasteiger partial charge in [-0.05, 0) is 35.9 Å². The van der Waals surface area contributed by atoms with E-state index in [-0.39, 0.29) is 25.2 Å². The maximum Gasteiger partial charge on any atom is 0.308 e. The van der Waals surface area contributed by atoms with Crippen LogP contribution in [0.4, 0.5) is 0 Å². The molecule has 3 heterocycles. The summed E-state index contributed by atoms with van der Waals surface area (Å²) >= 11 is 0. The van der Waals surface area contributed by atoms with Gasteiger partial charge in [-0.2, -0.15) is 0 Å². The smallest absolute Gasteiger partial charge is 0.308 e. The van der Waals surface area contributed by atoms with E-state index in [0.29, 0.717) is 23.6 Å². The molecule has 0 bridgehead atoms. The van der Waals surface area contributed by atoms with Gasteiger partial charge in [-0.1, -0.05) is 0 Å². The summed E-state index contributed by atoms with van der Waals surface area (Å²) in [5.74, 6) is -0.857. The SMILES string of the molecule is O=C(O)[C@@H]1CN(C(=O)c2ccc3c(c2)OCO3)C[C@H]1c1ccncc1. The molecule has 0 spiro atoms. The second-order valence-electron chi connectivity index (χ2n) is 6.11. The van der Waals surface area contributed by atoms with Gasteiger partial charge >= 0.3 is 5.97 Å². The Balaban J connectivity index is 1.59. The molecule has 0 unspecified atom stereocenters. The lowest BCUT2D eigenvalue weighted by atomic mass is 9.90. The fourth-order valence-electron chi connectivity index (χ4n) is 3.38. The molecule has 0 saturated carbocycles. The highest BCUT2D eigenvalue weighted by Gasteiger charge is 2.40. The summed E-state index contributed by atoms with van der Waals surface area (Å²) < 4.78 is 10.6. The number of hydrogen-bond acceptors (Lipinski definition) is 5. The van der Waals surface area contributed by atoms with Crippen LogP contribution in [-0.4, -0.2) is 46.7 Å². The van der Waals surface area contributed by atoms with Crippen LogP contribution in [0.5, 0.6) is 11.5 Å². The van der Waals surface area contributed by atoms with Crippen molar-refractivity contribution in [3.05, 3.63) is 53.9 Å². The molecule has 2 atom stereocenters. The van der Waals surface area contributed by atoms with Crippen molar-refractivity contribution < 1.29 is 24.2 Å². The van der Waals surface area contributed by atoms with Crippen LogP contribution in [-0.2, 0) is 4.79 Å². The normalized spacial score (nSPS) is 21.4. The highest BCUT2D eigenvalue weighted by atomic mass is 16.7. The Morgan fingerprint density at radius 2 is 1.84 bits per heavy atom. The van der Waals surface area contributed by atoms with Crippen molar-refractivity contribution in [1.82, 2.24) is 9.88 Å². The number of amides is 1. The maximum atomic E-state index is 12.8. The standard InChI is InChI=1S/C18H16N2O5/c21-17(12-1-2-15-16(7-12)25-10-24-15)20-8-13(14(9-20)18(22)23)11-3-5-19-6-4-11/h1-7,13-14H,8-10H2,(H,22,23)/t13-,14+/m0/s1. The molecular formula is C18H16N2O5. The number of carboxylic acid groups (broad SMARTS) is 1.